The standard InChI is InChI=1S/C19H25N3O4S/c1-12(18(23)24-4)27-17-14(10-20)13-9-19(2,3)26-11-15(13)16(21-17)22-5-7-25-8-6-22/h23H,5-9,11H2,1-4H3. The molecule has 8 heteroatoms. The van der Waals surface area contributed by atoms with Crippen molar-refractivity contribution < 1.29 is 19.3 Å². The van der Waals surface area contributed by atoms with Crippen LogP contribution in [0.1, 0.15) is 37.5 Å². The van der Waals surface area contributed by atoms with Crippen LogP contribution in [0.25, 0.3) is 0 Å². The number of anilines is 1. The number of ether oxygens (including phenoxy) is 3. The maximum atomic E-state index is 9.87. The molecule has 1 fully saturated rings. The van der Waals surface area contributed by atoms with Gasteiger partial charge in [-0.1, -0.05) is 11.8 Å². The van der Waals surface area contributed by atoms with Crippen LogP contribution >= 0.6 is 11.8 Å². The molecule has 0 atom stereocenters. The highest BCUT2D eigenvalue weighted by molar-refractivity contribution is 8.03. The number of allylic oxidation sites excluding steroid dienone is 1. The second-order valence-corrected chi connectivity index (χ2v) is 8.38. The summed E-state index contributed by atoms with van der Waals surface area (Å²) in [6.45, 7) is 9.02. The highest BCUT2D eigenvalue weighted by Gasteiger charge is 2.33. The molecule has 0 radical (unpaired) electrons. The van der Waals surface area contributed by atoms with E-state index in [1.165, 1.54) is 18.9 Å². The average molecular weight is 391 g/mol. The van der Waals surface area contributed by atoms with Gasteiger partial charge in [0.15, 0.2) is 0 Å². The molecular weight excluding hydrogens is 366 g/mol. The van der Waals surface area contributed by atoms with E-state index in [9.17, 15) is 10.4 Å². The van der Waals surface area contributed by atoms with E-state index in [0.29, 0.717) is 41.7 Å². The van der Waals surface area contributed by atoms with E-state index in [2.05, 4.69) is 11.0 Å². The van der Waals surface area contributed by atoms with Gasteiger partial charge in [-0.3, -0.25) is 0 Å². The molecule has 0 spiro atoms. The van der Waals surface area contributed by atoms with Crippen molar-refractivity contribution in [3.05, 3.63) is 27.5 Å². The Kier molecular flexibility index (Phi) is 5.84. The summed E-state index contributed by atoms with van der Waals surface area (Å²) in [5.41, 5.74) is 2.17. The summed E-state index contributed by atoms with van der Waals surface area (Å²) in [5, 5.41) is 20.3. The Labute approximate surface area is 163 Å². The minimum atomic E-state index is -0.344. The van der Waals surface area contributed by atoms with Crippen LogP contribution in [0.4, 0.5) is 5.82 Å². The molecule has 2 aliphatic rings. The van der Waals surface area contributed by atoms with E-state index in [4.69, 9.17) is 19.2 Å². The van der Waals surface area contributed by atoms with Gasteiger partial charge in [0.05, 0.1) is 43.0 Å². The smallest absolute Gasteiger partial charge is 0.286 e. The summed E-state index contributed by atoms with van der Waals surface area (Å²) in [5.74, 6) is 0.676. The van der Waals surface area contributed by atoms with Gasteiger partial charge in [0.1, 0.15) is 16.9 Å². The minimum Gasteiger partial charge on any atom is -0.480 e. The molecule has 146 valence electrons. The number of aliphatic hydroxyl groups is 1. The number of rotatable bonds is 4. The van der Waals surface area contributed by atoms with Crippen molar-refractivity contribution in [1.29, 1.82) is 5.26 Å². The van der Waals surface area contributed by atoms with Gasteiger partial charge < -0.3 is 24.2 Å². The summed E-state index contributed by atoms with van der Waals surface area (Å²) < 4.78 is 16.4. The number of nitriles is 1. The first-order chi connectivity index (χ1) is 12.9. The van der Waals surface area contributed by atoms with Crippen LogP contribution in [0.15, 0.2) is 15.9 Å². The molecule has 0 unspecified atom stereocenters. The van der Waals surface area contributed by atoms with E-state index in [1.807, 2.05) is 13.8 Å². The monoisotopic (exact) mass is 391 g/mol. The Balaban J connectivity index is 2.14. The van der Waals surface area contributed by atoms with Crippen LogP contribution in [-0.2, 0) is 27.2 Å². The number of pyridine rings is 1. The number of aliphatic hydroxyl groups excluding tert-OH is 1. The van der Waals surface area contributed by atoms with Crippen molar-refractivity contribution in [3.8, 4) is 6.07 Å². The van der Waals surface area contributed by atoms with Gasteiger partial charge in [0, 0.05) is 25.1 Å². The normalized spacial score (nSPS) is 19.7. The second-order valence-electron chi connectivity index (χ2n) is 7.18. The molecule has 0 saturated carbocycles. The Morgan fingerprint density at radius 1 is 1.33 bits per heavy atom. The highest BCUT2D eigenvalue weighted by atomic mass is 32.2. The third-order valence-corrected chi connectivity index (χ3v) is 5.70. The SMILES string of the molecule is COC(O)=C(C)Sc1nc(N2CCOCC2)c2c(c1C#N)CC(C)(C)OC2. The zero-order valence-corrected chi connectivity index (χ0v) is 17.0. The number of aromatic nitrogens is 1. The number of nitrogens with zero attached hydrogens (tertiary/aromatic N) is 3. The van der Waals surface area contributed by atoms with Crippen LogP contribution in [0.5, 0.6) is 0 Å². The molecule has 0 amide bonds. The third kappa shape index (κ3) is 4.15. The second kappa shape index (κ2) is 7.97. The molecule has 0 bridgehead atoms. The van der Waals surface area contributed by atoms with Crippen molar-refractivity contribution in [2.45, 2.75) is 44.4 Å². The Bertz CT molecular complexity index is 795. The van der Waals surface area contributed by atoms with Gasteiger partial charge >= 0.3 is 0 Å². The molecular formula is C19H25N3O4S. The molecule has 1 saturated heterocycles. The number of hydrogen-bond donors (Lipinski definition) is 1. The van der Waals surface area contributed by atoms with Crippen molar-refractivity contribution in [2.24, 2.45) is 0 Å². The van der Waals surface area contributed by atoms with E-state index in [1.54, 1.807) is 6.92 Å². The number of morpholine rings is 1. The fraction of sp³-hybridized carbons (Fsp3) is 0.579. The molecule has 1 N–H and O–H groups in total. The van der Waals surface area contributed by atoms with Crippen molar-refractivity contribution in [1.82, 2.24) is 4.98 Å². The summed E-state index contributed by atoms with van der Waals surface area (Å²) in [6.07, 6.45) is 0.637. The van der Waals surface area contributed by atoms with Gasteiger partial charge in [-0.25, -0.2) is 4.98 Å². The van der Waals surface area contributed by atoms with Crippen LogP contribution < -0.4 is 4.90 Å². The molecule has 2 aliphatic heterocycles. The van der Waals surface area contributed by atoms with Crippen LogP contribution in [0.2, 0.25) is 0 Å². The number of fused-ring (bicyclic) bond motifs is 1. The number of hydrogen-bond acceptors (Lipinski definition) is 8. The minimum absolute atomic E-state index is 0.167. The Morgan fingerprint density at radius 2 is 2.04 bits per heavy atom. The lowest BCUT2D eigenvalue weighted by Crippen LogP contribution is -2.39. The van der Waals surface area contributed by atoms with E-state index < -0.39 is 0 Å². The highest BCUT2D eigenvalue weighted by Crippen LogP contribution is 2.40. The first-order valence-corrected chi connectivity index (χ1v) is 9.72. The lowest BCUT2D eigenvalue weighted by Gasteiger charge is -2.36. The molecule has 1 aromatic rings. The maximum absolute atomic E-state index is 9.87. The zero-order valence-electron chi connectivity index (χ0n) is 16.2. The predicted molar refractivity (Wildman–Crippen MR) is 103 cm³/mol. The average Bonchev–Trinajstić information content (AvgIpc) is 2.66. The van der Waals surface area contributed by atoms with Gasteiger partial charge in [0.25, 0.3) is 5.95 Å². The van der Waals surface area contributed by atoms with Gasteiger partial charge in [-0.05, 0) is 26.3 Å². The molecule has 1 aromatic heterocycles. The van der Waals surface area contributed by atoms with E-state index in [0.717, 1.165) is 30.0 Å². The molecule has 27 heavy (non-hydrogen) atoms. The lowest BCUT2D eigenvalue weighted by atomic mass is 9.89. The largest absolute Gasteiger partial charge is 0.480 e. The Morgan fingerprint density at radius 3 is 2.67 bits per heavy atom. The fourth-order valence-corrected chi connectivity index (χ4v) is 4.15. The Hall–Kier alpha value is -1.95. The molecule has 3 heterocycles. The maximum Gasteiger partial charge on any atom is 0.286 e. The van der Waals surface area contributed by atoms with Crippen LogP contribution in [0, 0.1) is 11.3 Å². The van der Waals surface area contributed by atoms with E-state index >= 15 is 0 Å². The zero-order chi connectivity index (χ0) is 19.6. The molecule has 7 nitrogen and oxygen atoms in total. The molecule has 0 aliphatic carbocycles. The summed E-state index contributed by atoms with van der Waals surface area (Å²) >= 11 is 1.25. The topological polar surface area (TPSA) is 87.8 Å². The van der Waals surface area contributed by atoms with Crippen molar-refractivity contribution in [3.63, 3.8) is 0 Å². The lowest BCUT2D eigenvalue weighted by molar-refractivity contribution is -0.0402. The number of methoxy groups -OCH3 is 1. The van der Waals surface area contributed by atoms with E-state index in [-0.39, 0.29) is 11.5 Å². The van der Waals surface area contributed by atoms with Crippen LogP contribution in [-0.4, -0.2) is 49.1 Å². The van der Waals surface area contributed by atoms with Gasteiger partial charge in [0.2, 0.25) is 0 Å². The number of thioether (sulfide) groups is 1. The summed E-state index contributed by atoms with van der Waals surface area (Å²) in [7, 11) is 1.41. The third-order valence-electron chi connectivity index (χ3n) is 4.73. The quantitative estimate of drug-likeness (QED) is 0.619. The predicted octanol–water partition coefficient (Wildman–Crippen LogP) is 3.13. The summed E-state index contributed by atoms with van der Waals surface area (Å²) in [4.78, 5) is 7.56. The first kappa shape index (κ1) is 19.8. The van der Waals surface area contributed by atoms with Crippen molar-refractivity contribution >= 4 is 17.6 Å². The molecule has 3 rings (SSSR count). The fourth-order valence-electron chi connectivity index (χ4n) is 3.28. The van der Waals surface area contributed by atoms with Gasteiger partial charge in [-0.15, -0.1) is 0 Å². The molecule has 0 aromatic carbocycles. The van der Waals surface area contributed by atoms with Gasteiger partial charge in [-0.2, -0.15) is 5.26 Å². The van der Waals surface area contributed by atoms with Crippen LogP contribution in [0.3, 0.4) is 0 Å². The van der Waals surface area contributed by atoms with Crippen molar-refractivity contribution in [2.75, 3.05) is 38.3 Å². The summed E-state index contributed by atoms with van der Waals surface area (Å²) in [6, 6.07) is 2.33. The first-order valence-electron chi connectivity index (χ1n) is 8.90.